The fourth-order valence-corrected chi connectivity index (χ4v) is 4.52. The molecule has 0 saturated carbocycles. The first-order valence-electron chi connectivity index (χ1n) is 9.30. The van der Waals surface area contributed by atoms with Crippen LogP contribution in [0.4, 0.5) is 5.13 Å². The highest BCUT2D eigenvalue weighted by molar-refractivity contribution is 8.26. The van der Waals surface area contributed by atoms with Crippen LogP contribution in [0.25, 0.3) is 6.08 Å². The number of nitrogens with zero attached hydrogens (tertiary/aromatic N) is 2. The second-order valence-corrected chi connectivity index (χ2v) is 8.89. The topological polar surface area (TPSA) is 62.3 Å². The zero-order chi connectivity index (χ0) is 20.5. The maximum Gasteiger partial charge on any atom is 0.266 e. The van der Waals surface area contributed by atoms with E-state index in [0.29, 0.717) is 27.3 Å². The highest BCUT2D eigenvalue weighted by atomic mass is 32.2. The van der Waals surface area contributed by atoms with Crippen LogP contribution < -0.4 is 5.32 Å². The van der Waals surface area contributed by atoms with Gasteiger partial charge < -0.3 is 5.32 Å². The molecule has 0 atom stereocenters. The van der Waals surface area contributed by atoms with Crippen LogP contribution in [0.1, 0.15) is 31.2 Å². The molecule has 3 rings (SSSR count). The second-order valence-electron chi connectivity index (χ2n) is 6.32. The predicted octanol–water partition coefficient (Wildman–Crippen LogP) is 5.10. The molecular formula is C21H21N3O2S3. The Labute approximate surface area is 183 Å². The number of unbranched alkanes of at least 4 members (excludes halogenated alkanes) is 2. The summed E-state index contributed by atoms with van der Waals surface area (Å²) in [6, 6.07) is 9.93. The molecule has 0 aliphatic carbocycles. The summed E-state index contributed by atoms with van der Waals surface area (Å²) >= 11 is 8.09. The van der Waals surface area contributed by atoms with Gasteiger partial charge in [-0.05, 0) is 24.5 Å². The number of hydrogen-bond acceptors (Lipinski definition) is 6. The van der Waals surface area contributed by atoms with Crippen LogP contribution in [0.5, 0.6) is 0 Å². The molecule has 0 spiro atoms. The summed E-state index contributed by atoms with van der Waals surface area (Å²) in [6.45, 7) is 0.582. The van der Waals surface area contributed by atoms with Gasteiger partial charge in [-0.2, -0.15) is 0 Å². The summed E-state index contributed by atoms with van der Waals surface area (Å²) in [5, 5.41) is 5.22. The van der Waals surface area contributed by atoms with Gasteiger partial charge >= 0.3 is 0 Å². The highest BCUT2D eigenvalue weighted by Gasteiger charge is 2.30. The number of amides is 2. The van der Waals surface area contributed by atoms with Crippen molar-refractivity contribution in [2.24, 2.45) is 0 Å². The number of benzene rings is 1. The molecule has 1 aliphatic heterocycles. The zero-order valence-corrected chi connectivity index (χ0v) is 18.2. The summed E-state index contributed by atoms with van der Waals surface area (Å²) in [5.74, 6) is -0.0714. The van der Waals surface area contributed by atoms with Crippen LogP contribution in [0.15, 0.2) is 59.0 Å². The van der Waals surface area contributed by atoms with Crippen molar-refractivity contribution in [2.75, 3.05) is 11.9 Å². The second kappa shape index (κ2) is 11.0. The van der Waals surface area contributed by atoms with Gasteiger partial charge in [-0.1, -0.05) is 72.9 Å². The van der Waals surface area contributed by atoms with E-state index in [1.165, 1.54) is 23.1 Å². The lowest BCUT2D eigenvalue weighted by Crippen LogP contribution is -2.29. The molecule has 150 valence electrons. The average Bonchev–Trinajstić information content (AvgIpc) is 3.31. The van der Waals surface area contributed by atoms with Crippen LogP contribution in [-0.2, 0) is 9.59 Å². The van der Waals surface area contributed by atoms with Crippen LogP contribution >= 0.6 is 35.3 Å². The molecule has 1 saturated heterocycles. The molecule has 2 aromatic rings. The standard InChI is InChI=1S/C21H21N3O2S3/c25-18(23-20-22-13-15-28-20)12-5-2-6-14-24-19(26)17(29-21(24)27)11-7-10-16-8-3-1-4-9-16/h1,3-4,7-11,13,15H,2,5-6,12,14H2,(H,22,23,25)/b10-7+,17-11-. The summed E-state index contributed by atoms with van der Waals surface area (Å²) in [5.41, 5.74) is 1.08. The maximum absolute atomic E-state index is 12.6. The number of thioether (sulfide) groups is 1. The van der Waals surface area contributed by atoms with E-state index in [4.69, 9.17) is 12.2 Å². The number of nitrogens with one attached hydrogen (secondary N) is 1. The van der Waals surface area contributed by atoms with E-state index < -0.39 is 0 Å². The number of anilines is 1. The van der Waals surface area contributed by atoms with E-state index in [9.17, 15) is 9.59 Å². The fourth-order valence-electron chi connectivity index (χ4n) is 2.72. The minimum Gasteiger partial charge on any atom is -0.302 e. The van der Waals surface area contributed by atoms with Crippen LogP contribution in [-0.4, -0.2) is 32.6 Å². The van der Waals surface area contributed by atoms with Gasteiger partial charge in [0.25, 0.3) is 5.91 Å². The molecule has 2 amide bonds. The molecule has 2 heterocycles. The largest absolute Gasteiger partial charge is 0.302 e. The monoisotopic (exact) mass is 443 g/mol. The van der Waals surface area contributed by atoms with Crippen molar-refractivity contribution >= 4 is 62.7 Å². The number of carbonyl (C=O) groups excluding carboxylic acids is 2. The van der Waals surface area contributed by atoms with Crippen LogP contribution in [0, 0.1) is 0 Å². The lowest BCUT2D eigenvalue weighted by atomic mass is 10.2. The lowest BCUT2D eigenvalue weighted by Gasteiger charge is -2.13. The Kier molecular flexibility index (Phi) is 8.15. The lowest BCUT2D eigenvalue weighted by molar-refractivity contribution is -0.122. The molecule has 1 N–H and O–H groups in total. The summed E-state index contributed by atoms with van der Waals surface area (Å²) in [6.07, 6.45) is 10.2. The number of thiocarbonyl (C=S) groups is 1. The Morgan fingerprint density at radius 2 is 2.03 bits per heavy atom. The molecule has 29 heavy (non-hydrogen) atoms. The quantitative estimate of drug-likeness (QED) is 0.332. The molecule has 1 aromatic heterocycles. The molecular weight excluding hydrogens is 422 g/mol. The van der Waals surface area contributed by atoms with Crippen molar-refractivity contribution in [1.29, 1.82) is 0 Å². The summed E-state index contributed by atoms with van der Waals surface area (Å²) in [7, 11) is 0. The van der Waals surface area contributed by atoms with E-state index in [1.54, 1.807) is 11.1 Å². The van der Waals surface area contributed by atoms with Gasteiger partial charge in [-0.25, -0.2) is 4.98 Å². The van der Waals surface area contributed by atoms with E-state index in [1.807, 2.05) is 53.9 Å². The average molecular weight is 444 g/mol. The van der Waals surface area contributed by atoms with Crippen molar-refractivity contribution in [3.05, 3.63) is 64.5 Å². The molecule has 0 bridgehead atoms. The predicted molar refractivity (Wildman–Crippen MR) is 125 cm³/mol. The summed E-state index contributed by atoms with van der Waals surface area (Å²) < 4.78 is 0.593. The van der Waals surface area contributed by atoms with Crippen molar-refractivity contribution in [2.45, 2.75) is 25.7 Å². The first-order chi connectivity index (χ1) is 14.1. The van der Waals surface area contributed by atoms with Gasteiger partial charge in [0.2, 0.25) is 5.91 Å². The summed E-state index contributed by atoms with van der Waals surface area (Å²) in [4.78, 5) is 30.7. The van der Waals surface area contributed by atoms with E-state index in [2.05, 4.69) is 10.3 Å². The molecule has 1 aromatic carbocycles. The number of carbonyl (C=O) groups is 2. The maximum atomic E-state index is 12.6. The Hall–Kier alpha value is -2.29. The molecule has 8 heteroatoms. The van der Waals surface area contributed by atoms with E-state index in [0.717, 1.165) is 24.8 Å². The van der Waals surface area contributed by atoms with E-state index >= 15 is 0 Å². The SMILES string of the molecule is O=C(CCCCCN1C(=O)/C(=C/C=C/c2ccccc2)SC1=S)Nc1nccs1. The molecule has 0 radical (unpaired) electrons. The molecule has 0 unspecified atom stereocenters. The zero-order valence-electron chi connectivity index (χ0n) is 15.7. The Balaban J connectivity index is 1.39. The van der Waals surface area contributed by atoms with Gasteiger partial charge in [-0.15, -0.1) is 11.3 Å². The van der Waals surface area contributed by atoms with Gasteiger partial charge in [-0.3, -0.25) is 14.5 Å². The van der Waals surface area contributed by atoms with Crippen LogP contribution in [0.3, 0.4) is 0 Å². The third-order valence-electron chi connectivity index (χ3n) is 4.17. The van der Waals surface area contributed by atoms with E-state index in [-0.39, 0.29) is 11.8 Å². The molecule has 1 aliphatic rings. The normalized spacial score (nSPS) is 15.6. The number of allylic oxidation sites excluding steroid dienone is 2. The minimum atomic E-state index is -0.0424. The van der Waals surface area contributed by atoms with Gasteiger partial charge in [0.1, 0.15) is 4.32 Å². The van der Waals surface area contributed by atoms with Gasteiger partial charge in [0.05, 0.1) is 4.91 Å². The molecule has 5 nitrogen and oxygen atoms in total. The molecule has 1 fully saturated rings. The third-order valence-corrected chi connectivity index (χ3v) is 6.26. The van der Waals surface area contributed by atoms with Crippen molar-refractivity contribution < 1.29 is 9.59 Å². The number of thiazole rings is 1. The Morgan fingerprint density at radius 1 is 1.21 bits per heavy atom. The van der Waals surface area contributed by atoms with Crippen molar-refractivity contribution in [1.82, 2.24) is 9.88 Å². The first kappa shape index (κ1) is 21.4. The first-order valence-corrected chi connectivity index (χ1v) is 11.4. The van der Waals surface area contributed by atoms with Gasteiger partial charge in [0.15, 0.2) is 5.13 Å². The number of rotatable bonds is 9. The third kappa shape index (κ3) is 6.62. The smallest absolute Gasteiger partial charge is 0.266 e. The Morgan fingerprint density at radius 3 is 2.79 bits per heavy atom. The van der Waals surface area contributed by atoms with Crippen molar-refractivity contribution in [3.63, 3.8) is 0 Å². The van der Waals surface area contributed by atoms with Gasteiger partial charge in [0, 0.05) is 24.5 Å². The minimum absolute atomic E-state index is 0.0290. The highest BCUT2D eigenvalue weighted by Crippen LogP contribution is 2.31. The van der Waals surface area contributed by atoms with Crippen molar-refractivity contribution in [3.8, 4) is 0 Å². The number of aromatic nitrogens is 1. The Bertz CT molecular complexity index is 909. The number of hydrogen-bond donors (Lipinski definition) is 1. The van der Waals surface area contributed by atoms with Crippen LogP contribution in [0.2, 0.25) is 0 Å². The fraction of sp³-hybridized carbons (Fsp3) is 0.238.